The van der Waals surface area contributed by atoms with Crippen molar-refractivity contribution in [3.63, 3.8) is 0 Å². The molecule has 0 aliphatic heterocycles. The van der Waals surface area contributed by atoms with E-state index in [4.69, 9.17) is 9.84 Å². The van der Waals surface area contributed by atoms with Gasteiger partial charge in [-0.15, -0.1) is 0 Å². The molecule has 0 bridgehead atoms. The lowest BCUT2D eigenvalue weighted by atomic mass is 10.1. The standard InChI is InChI=1S/C23H16FN3O5S2/c1-34(31)23-27-19(20(33-23)13-2-4-14(24)5-3-13)21(28)26-15-6-8-16(9-7-15)32-17-10-11-25-18(12-17)22(29)30/h2-12H,1H3,(H,26,28)(H,29,30). The summed E-state index contributed by atoms with van der Waals surface area (Å²) in [6.07, 6.45) is 2.80. The lowest BCUT2D eigenvalue weighted by Crippen LogP contribution is -2.13. The molecule has 1 amide bonds. The number of aromatic carboxylic acids is 1. The summed E-state index contributed by atoms with van der Waals surface area (Å²) in [4.78, 5) is 32.4. The second-order valence-electron chi connectivity index (χ2n) is 6.88. The highest BCUT2D eigenvalue weighted by Crippen LogP contribution is 2.33. The van der Waals surface area contributed by atoms with Crippen LogP contribution >= 0.6 is 11.3 Å². The average molecular weight is 498 g/mol. The number of benzene rings is 2. The van der Waals surface area contributed by atoms with Crippen molar-refractivity contribution in [1.29, 1.82) is 0 Å². The third-order valence-corrected chi connectivity index (χ3v) is 6.91. The minimum atomic E-state index is -1.39. The summed E-state index contributed by atoms with van der Waals surface area (Å²) in [5.41, 5.74) is 0.979. The van der Waals surface area contributed by atoms with Crippen molar-refractivity contribution in [3.8, 4) is 21.9 Å². The topological polar surface area (TPSA) is 124 Å². The summed E-state index contributed by atoms with van der Waals surface area (Å²) < 4.78 is 31.2. The Bertz CT molecular complexity index is 1340. The molecular formula is C23H16FN3O5S2. The van der Waals surface area contributed by atoms with E-state index in [2.05, 4.69) is 15.3 Å². The number of amides is 1. The smallest absolute Gasteiger partial charge is 0.354 e. The molecule has 1 atom stereocenters. The third kappa shape index (κ3) is 5.39. The van der Waals surface area contributed by atoms with E-state index in [-0.39, 0.29) is 15.7 Å². The first-order valence-corrected chi connectivity index (χ1v) is 12.1. The molecule has 0 fully saturated rings. The van der Waals surface area contributed by atoms with E-state index < -0.39 is 28.9 Å². The maximum atomic E-state index is 13.3. The summed E-state index contributed by atoms with van der Waals surface area (Å²) in [5.74, 6) is -1.37. The Kier molecular flexibility index (Phi) is 6.87. The quantitative estimate of drug-likeness (QED) is 0.351. The molecule has 1 unspecified atom stereocenters. The van der Waals surface area contributed by atoms with E-state index in [9.17, 15) is 18.5 Å². The van der Waals surface area contributed by atoms with Crippen LogP contribution in [0.15, 0.2) is 71.2 Å². The molecule has 0 radical (unpaired) electrons. The number of halogens is 1. The molecule has 2 aromatic carbocycles. The van der Waals surface area contributed by atoms with Gasteiger partial charge in [0.05, 0.1) is 4.88 Å². The van der Waals surface area contributed by atoms with Crippen molar-refractivity contribution < 1.29 is 28.4 Å². The van der Waals surface area contributed by atoms with Gasteiger partial charge in [0, 0.05) is 29.1 Å². The summed E-state index contributed by atoms with van der Waals surface area (Å²) >= 11 is -0.281. The lowest BCUT2D eigenvalue weighted by Gasteiger charge is -2.08. The molecule has 11 heteroatoms. The Hall–Kier alpha value is -3.80. The average Bonchev–Trinajstić information content (AvgIpc) is 3.27. The third-order valence-electron chi connectivity index (χ3n) is 4.47. The monoisotopic (exact) mass is 497 g/mol. The van der Waals surface area contributed by atoms with E-state index in [0.29, 0.717) is 27.6 Å². The van der Waals surface area contributed by atoms with Crippen molar-refractivity contribution in [2.24, 2.45) is 0 Å². The molecule has 34 heavy (non-hydrogen) atoms. The van der Waals surface area contributed by atoms with Crippen LogP contribution in [0.5, 0.6) is 11.5 Å². The van der Waals surface area contributed by atoms with Crippen LogP contribution in [0, 0.1) is 5.82 Å². The first-order valence-electron chi connectivity index (χ1n) is 9.69. The van der Waals surface area contributed by atoms with E-state index in [0.717, 1.165) is 11.3 Å². The molecule has 8 nitrogen and oxygen atoms in total. The Labute approximate surface area is 200 Å². The fourth-order valence-electron chi connectivity index (χ4n) is 2.90. The normalized spacial score (nSPS) is 11.6. The number of anilines is 1. The zero-order chi connectivity index (χ0) is 24.2. The number of carboxylic acid groups (broad SMARTS) is 1. The molecule has 2 N–H and O–H groups in total. The van der Waals surface area contributed by atoms with Crippen LogP contribution in [-0.2, 0) is 11.2 Å². The highest BCUT2D eigenvalue weighted by Gasteiger charge is 2.24. The number of carbonyl (C=O) groups excluding carboxylic acids is 1. The van der Waals surface area contributed by atoms with E-state index in [1.54, 1.807) is 24.3 Å². The number of aromatic nitrogens is 2. The first kappa shape index (κ1) is 23.4. The van der Waals surface area contributed by atoms with Crippen LogP contribution in [0.3, 0.4) is 0 Å². The van der Waals surface area contributed by atoms with Crippen LogP contribution in [-0.4, -0.2) is 37.8 Å². The maximum absolute atomic E-state index is 13.3. The molecule has 0 spiro atoms. The number of carbonyl (C=O) groups is 2. The summed E-state index contributed by atoms with van der Waals surface area (Å²) in [7, 11) is 0. The first-order chi connectivity index (χ1) is 16.3. The van der Waals surface area contributed by atoms with Gasteiger partial charge < -0.3 is 19.7 Å². The van der Waals surface area contributed by atoms with Crippen molar-refractivity contribution in [2.45, 2.75) is 4.34 Å². The number of hydrogen-bond donors (Lipinski definition) is 2. The number of nitrogens with one attached hydrogen (secondary N) is 1. The predicted molar refractivity (Wildman–Crippen MR) is 126 cm³/mol. The van der Waals surface area contributed by atoms with Gasteiger partial charge in [0.25, 0.3) is 5.91 Å². The van der Waals surface area contributed by atoms with Crippen LogP contribution in [0.1, 0.15) is 21.0 Å². The number of rotatable bonds is 7. The van der Waals surface area contributed by atoms with Gasteiger partial charge in [-0.25, -0.2) is 14.2 Å². The molecule has 4 aromatic rings. The van der Waals surface area contributed by atoms with Crippen LogP contribution in [0.4, 0.5) is 10.1 Å². The molecule has 0 saturated carbocycles. The lowest BCUT2D eigenvalue weighted by molar-refractivity contribution is 0.0690. The molecule has 172 valence electrons. The van der Waals surface area contributed by atoms with Crippen LogP contribution < -0.4 is 10.1 Å². The predicted octanol–water partition coefficient (Wildman–Crippen LogP) is 4.82. The number of nitrogens with zero attached hydrogens (tertiary/aromatic N) is 2. The number of hydrogen-bond acceptors (Lipinski definition) is 7. The zero-order valence-electron chi connectivity index (χ0n) is 17.5. The van der Waals surface area contributed by atoms with E-state index in [1.807, 2.05) is 0 Å². The Morgan fingerprint density at radius 3 is 2.44 bits per heavy atom. The van der Waals surface area contributed by atoms with Gasteiger partial charge in [-0.1, -0.05) is 23.5 Å². The van der Waals surface area contributed by atoms with Gasteiger partial charge in [0.2, 0.25) is 0 Å². The van der Waals surface area contributed by atoms with Crippen LogP contribution in [0.25, 0.3) is 10.4 Å². The minimum absolute atomic E-state index is 0.0834. The van der Waals surface area contributed by atoms with Gasteiger partial charge in [-0.3, -0.25) is 4.79 Å². The summed E-state index contributed by atoms with van der Waals surface area (Å²) in [5, 5.41) is 11.8. The molecule has 4 rings (SSSR count). The highest BCUT2D eigenvalue weighted by molar-refractivity contribution is 7.92. The Morgan fingerprint density at radius 1 is 1.09 bits per heavy atom. The zero-order valence-corrected chi connectivity index (χ0v) is 19.2. The Balaban J connectivity index is 1.52. The van der Waals surface area contributed by atoms with Gasteiger partial charge in [-0.05, 0) is 48.0 Å². The van der Waals surface area contributed by atoms with E-state index in [1.165, 1.54) is 48.9 Å². The van der Waals surface area contributed by atoms with Gasteiger partial charge >= 0.3 is 10.3 Å². The number of ether oxygens (including phenoxy) is 1. The van der Waals surface area contributed by atoms with Crippen molar-refractivity contribution in [1.82, 2.24) is 9.97 Å². The summed E-state index contributed by atoms with van der Waals surface area (Å²) in [6, 6.07) is 14.9. The van der Waals surface area contributed by atoms with Crippen molar-refractivity contribution in [3.05, 3.63) is 84.1 Å². The SMILES string of the molecule is C[S+]([O-])c1nc(C(=O)Nc2ccc(Oc3ccnc(C(=O)O)c3)cc2)c(-c2ccc(F)cc2)s1. The highest BCUT2D eigenvalue weighted by atomic mass is 32.2. The second-order valence-corrected chi connectivity index (χ2v) is 9.43. The number of thiazole rings is 1. The van der Waals surface area contributed by atoms with Crippen molar-refractivity contribution >= 4 is 40.1 Å². The minimum Gasteiger partial charge on any atom is -0.610 e. The largest absolute Gasteiger partial charge is 0.610 e. The van der Waals surface area contributed by atoms with Crippen molar-refractivity contribution in [2.75, 3.05) is 11.6 Å². The van der Waals surface area contributed by atoms with Gasteiger partial charge in [0.15, 0.2) is 11.4 Å². The molecule has 0 aliphatic carbocycles. The molecule has 2 aromatic heterocycles. The summed E-state index contributed by atoms with van der Waals surface area (Å²) in [6.45, 7) is 0. The molecule has 0 saturated heterocycles. The second kappa shape index (κ2) is 10.00. The fraction of sp³-hybridized carbons (Fsp3) is 0.0435. The Morgan fingerprint density at radius 2 is 1.79 bits per heavy atom. The van der Waals surface area contributed by atoms with Gasteiger partial charge in [-0.2, -0.15) is 4.98 Å². The fourth-order valence-corrected chi connectivity index (χ4v) is 4.64. The number of pyridine rings is 1. The molecular weight excluding hydrogens is 481 g/mol. The van der Waals surface area contributed by atoms with Crippen LogP contribution in [0.2, 0.25) is 0 Å². The van der Waals surface area contributed by atoms with Gasteiger partial charge in [0.1, 0.15) is 23.6 Å². The maximum Gasteiger partial charge on any atom is 0.354 e. The molecule has 0 aliphatic rings. The molecule has 2 heterocycles. The van der Waals surface area contributed by atoms with E-state index >= 15 is 0 Å². The number of carboxylic acids is 1.